The summed E-state index contributed by atoms with van der Waals surface area (Å²) in [5, 5.41) is 18.2. The first-order valence-corrected chi connectivity index (χ1v) is 5.85. The largest absolute Gasteiger partial charge is 0.489 e. The SMILES string of the molecule is C=CCOCc1cc([C@@H](O)C#N)ccc1OCC=C. The second-order valence-corrected chi connectivity index (χ2v) is 3.80. The Morgan fingerprint density at radius 3 is 2.68 bits per heavy atom. The van der Waals surface area contributed by atoms with Crippen LogP contribution in [0.2, 0.25) is 0 Å². The van der Waals surface area contributed by atoms with E-state index in [9.17, 15) is 5.11 Å². The van der Waals surface area contributed by atoms with Gasteiger partial charge >= 0.3 is 0 Å². The van der Waals surface area contributed by atoms with Crippen molar-refractivity contribution in [3.05, 3.63) is 54.6 Å². The highest BCUT2D eigenvalue weighted by molar-refractivity contribution is 5.39. The van der Waals surface area contributed by atoms with Gasteiger partial charge in [0.2, 0.25) is 0 Å². The Bertz CT molecular complexity index is 477. The summed E-state index contributed by atoms with van der Waals surface area (Å²) >= 11 is 0. The minimum absolute atomic E-state index is 0.324. The van der Waals surface area contributed by atoms with Gasteiger partial charge in [-0.3, -0.25) is 0 Å². The van der Waals surface area contributed by atoms with Crippen LogP contribution in [0.5, 0.6) is 5.75 Å². The van der Waals surface area contributed by atoms with Crippen LogP contribution in [0.3, 0.4) is 0 Å². The standard InChI is InChI=1S/C15H17NO3/c1-3-7-18-11-13-9-12(14(17)10-16)5-6-15(13)19-8-4-2/h3-6,9,14,17H,1-2,7-8,11H2/t14-/m0/s1. The average molecular weight is 259 g/mol. The van der Waals surface area contributed by atoms with E-state index >= 15 is 0 Å². The van der Waals surface area contributed by atoms with Crippen LogP contribution in [0.4, 0.5) is 0 Å². The van der Waals surface area contributed by atoms with E-state index in [1.165, 1.54) is 0 Å². The molecule has 1 N–H and O–H groups in total. The van der Waals surface area contributed by atoms with E-state index in [0.717, 1.165) is 5.56 Å². The molecule has 0 saturated carbocycles. The van der Waals surface area contributed by atoms with Gasteiger partial charge in [0.1, 0.15) is 12.4 Å². The van der Waals surface area contributed by atoms with Crippen LogP contribution in [-0.2, 0) is 11.3 Å². The molecule has 0 aliphatic carbocycles. The van der Waals surface area contributed by atoms with Gasteiger partial charge in [0.25, 0.3) is 0 Å². The molecule has 0 aliphatic heterocycles. The fourth-order valence-corrected chi connectivity index (χ4v) is 1.50. The Kier molecular flexibility index (Phi) is 6.37. The molecule has 0 fully saturated rings. The molecule has 1 aromatic rings. The molecule has 0 unspecified atom stereocenters. The Balaban J connectivity index is 2.92. The van der Waals surface area contributed by atoms with Gasteiger partial charge in [0.15, 0.2) is 6.10 Å². The Morgan fingerprint density at radius 2 is 2.05 bits per heavy atom. The molecule has 0 spiro atoms. The van der Waals surface area contributed by atoms with Gasteiger partial charge in [-0.2, -0.15) is 5.26 Å². The number of rotatable bonds is 8. The molecule has 1 rings (SSSR count). The second-order valence-electron chi connectivity index (χ2n) is 3.80. The van der Waals surface area contributed by atoms with Gasteiger partial charge in [-0.1, -0.05) is 24.8 Å². The Morgan fingerprint density at radius 1 is 1.32 bits per heavy atom. The molecule has 4 nitrogen and oxygen atoms in total. The number of aliphatic hydroxyl groups excluding tert-OH is 1. The first-order valence-electron chi connectivity index (χ1n) is 5.85. The molecule has 0 amide bonds. The van der Waals surface area contributed by atoms with Crippen molar-refractivity contribution in [1.29, 1.82) is 5.26 Å². The highest BCUT2D eigenvalue weighted by atomic mass is 16.5. The van der Waals surface area contributed by atoms with Crippen LogP contribution in [-0.4, -0.2) is 18.3 Å². The first kappa shape index (κ1) is 15.0. The normalized spacial score (nSPS) is 11.4. The second kappa shape index (κ2) is 8.09. The number of hydrogen-bond donors (Lipinski definition) is 1. The molecule has 1 aromatic carbocycles. The van der Waals surface area contributed by atoms with Crippen molar-refractivity contribution in [2.75, 3.05) is 13.2 Å². The molecule has 4 heteroatoms. The number of nitriles is 1. The van der Waals surface area contributed by atoms with E-state index in [1.807, 2.05) is 0 Å². The van der Waals surface area contributed by atoms with Crippen molar-refractivity contribution in [2.45, 2.75) is 12.7 Å². The third kappa shape index (κ3) is 4.59. The Labute approximate surface area is 113 Å². The van der Waals surface area contributed by atoms with Gasteiger partial charge < -0.3 is 14.6 Å². The summed E-state index contributed by atoms with van der Waals surface area (Å²) in [6.45, 7) is 8.29. The van der Waals surface area contributed by atoms with E-state index in [-0.39, 0.29) is 0 Å². The molecule has 100 valence electrons. The number of aliphatic hydroxyl groups is 1. The number of nitrogens with zero attached hydrogens (tertiary/aromatic N) is 1. The minimum Gasteiger partial charge on any atom is -0.489 e. The van der Waals surface area contributed by atoms with Gasteiger partial charge in [0.05, 0.1) is 19.3 Å². The average Bonchev–Trinajstić information content (AvgIpc) is 2.45. The van der Waals surface area contributed by atoms with E-state index in [4.69, 9.17) is 14.7 Å². The fourth-order valence-electron chi connectivity index (χ4n) is 1.50. The molecule has 0 aliphatic rings. The summed E-state index contributed by atoms with van der Waals surface area (Å²) < 4.78 is 10.9. The molecule has 0 saturated heterocycles. The molecular weight excluding hydrogens is 242 g/mol. The maximum absolute atomic E-state index is 9.52. The number of hydrogen-bond acceptors (Lipinski definition) is 4. The zero-order valence-corrected chi connectivity index (χ0v) is 10.7. The first-order chi connectivity index (χ1) is 9.22. The van der Waals surface area contributed by atoms with Crippen molar-refractivity contribution >= 4 is 0 Å². The summed E-state index contributed by atoms with van der Waals surface area (Å²) in [6.07, 6.45) is 2.15. The Hall–Kier alpha value is -2.09. The van der Waals surface area contributed by atoms with Crippen LogP contribution in [0, 0.1) is 11.3 Å². The van der Waals surface area contributed by atoms with Gasteiger partial charge in [0, 0.05) is 5.56 Å². The van der Waals surface area contributed by atoms with Gasteiger partial charge in [-0.15, -0.1) is 6.58 Å². The lowest BCUT2D eigenvalue weighted by atomic mass is 10.1. The van der Waals surface area contributed by atoms with Crippen molar-refractivity contribution in [3.63, 3.8) is 0 Å². The van der Waals surface area contributed by atoms with Crippen molar-refractivity contribution in [3.8, 4) is 11.8 Å². The highest BCUT2D eigenvalue weighted by Crippen LogP contribution is 2.24. The third-order valence-electron chi connectivity index (χ3n) is 2.37. The molecule has 0 aromatic heterocycles. The lowest BCUT2D eigenvalue weighted by Crippen LogP contribution is -2.02. The quantitative estimate of drug-likeness (QED) is 0.442. The number of ether oxygens (including phenoxy) is 2. The molecule has 19 heavy (non-hydrogen) atoms. The summed E-state index contributed by atoms with van der Waals surface area (Å²) in [6, 6.07) is 6.85. The smallest absolute Gasteiger partial charge is 0.165 e. The van der Waals surface area contributed by atoms with Crippen molar-refractivity contribution in [1.82, 2.24) is 0 Å². The van der Waals surface area contributed by atoms with Crippen LogP contribution in [0.1, 0.15) is 17.2 Å². The summed E-state index contributed by atoms with van der Waals surface area (Å²) in [5.74, 6) is 0.651. The van der Waals surface area contributed by atoms with Gasteiger partial charge in [-0.25, -0.2) is 0 Å². The fraction of sp³-hybridized carbons (Fsp3) is 0.267. The molecule has 0 heterocycles. The van der Waals surface area contributed by atoms with E-state index in [2.05, 4.69) is 13.2 Å². The van der Waals surface area contributed by atoms with Gasteiger partial charge in [-0.05, 0) is 17.7 Å². The minimum atomic E-state index is -1.15. The number of benzene rings is 1. The highest BCUT2D eigenvalue weighted by Gasteiger charge is 2.10. The monoisotopic (exact) mass is 259 g/mol. The maximum Gasteiger partial charge on any atom is 0.165 e. The van der Waals surface area contributed by atoms with E-state index < -0.39 is 6.10 Å². The van der Waals surface area contributed by atoms with E-state index in [1.54, 1.807) is 36.4 Å². The molecule has 0 bridgehead atoms. The zero-order valence-electron chi connectivity index (χ0n) is 10.7. The lowest BCUT2D eigenvalue weighted by Gasteiger charge is -2.12. The molecular formula is C15H17NO3. The topological polar surface area (TPSA) is 62.5 Å². The van der Waals surface area contributed by atoms with E-state index in [0.29, 0.717) is 31.1 Å². The predicted molar refractivity (Wildman–Crippen MR) is 72.6 cm³/mol. The lowest BCUT2D eigenvalue weighted by molar-refractivity contribution is 0.145. The van der Waals surface area contributed by atoms with Crippen LogP contribution < -0.4 is 4.74 Å². The molecule has 1 atom stereocenters. The van der Waals surface area contributed by atoms with Crippen LogP contribution in [0.15, 0.2) is 43.5 Å². The maximum atomic E-state index is 9.52. The zero-order chi connectivity index (χ0) is 14.1. The summed E-state index contributed by atoms with van der Waals surface area (Å²) in [5.41, 5.74) is 1.29. The molecule has 0 radical (unpaired) electrons. The van der Waals surface area contributed by atoms with Crippen molar-refractivity contribution < 1.29 is 14.6 Å². The summed E-state index contributed by atoms with van der Waals surface area (Å²) in [7, 11) is 0. The third-order valence-corrected chi connectivity index (χ3v) is 2.37. The summed E-state index contributed by atoms with van der Waals surface area (Å²) in [4.78, 5) is 0. The van der Waals surface area contributed by atoms with Crippen molar-refractivity contribution in [2.24, 2.45) is 0 Å². The predicted octanol–water partition coefficient (Wildman–Crippen LogP) is 2.51. The van der Waals surface area contributed by atoms with Crippen LogP contribution in [0.25, 0.3) is 0 Å². The van der Waals surface area contributed by atoms with Crippen LogP contribution >= 0.6 is 0 Å².